The van der Waals surface area contributed by atoms with Crippen LogP contribution in [0, 0.1) is 0 Å². The molecule has 0 aromatic heterocycles. The highest BCUT2D eigenvalue weighted by atomic mass is 16.7. The summed E-state index contributed by atoms with van der Waals surface area (Å²) in [5.74, 6) is -0.0621. The van der Waals surface area contributed by atoms with Gasteiger partial charge in [0, 0.05) is 11.1 Å². The van der Waals surface area contributed by atoms with E-state index in [2.05, 4.69) is 0 Å². The number of rotatable bonds is 4. The van der Waals surface area contributed by atoms with Crippen LogP contribution >= 0.6 is 0 Å². The fourth-order valence-corrected chi connectivity index (χ4v) is 3.07. The van der Waals surface area contributed by atoms with E-state index in [1.165, 1.54) is 0 Å². The molecule has 3 heteroatoms. The van der Waals surface area contributed by atoms with Crippen molar-refractivity contribution < 1.29 is 14.3 Å². The van der Waals surface area contributed by atoms with E-state index in [-0.39, 0.29) is 5.78 Å². The molecule has 3 aromatic rings. The fourth-order valence-electron chi connectivity index (χ4n) is 3.07. The number of hydrogen-bond donors (Lipinski definition) is 0. The van der Waals surface area contributed by atoms with E-state index >= 15 is 0 Å². The van der Waals surface area contributed by atoms with Crippen LogP contribution < -0.4 is 0 Å². The Bertz CT molecular complexity index is 831. The van der Waals surface area contributed by atoms with E-state index in [0.29, 0.717) is 5.56 Å². The quantitative estimate of drug-likeness (QED) is 0.649. The summed E-state index contributed by atoms with van der Waals surface area (Å²) in [6, 6.07) is 28.7. The van der Waals surface area contributed by atoms with Crippen LogP contribution in [0.15, 0.2) is 91.0 Å². The minimum Gasteiger partial charge on any atom is -0.337 e. The molecule has 0 spiro atoms. The third kappa shape index (κ3) is 3.25. The summed E-state index contributed by atoms with van der Waals surface area (Å²) in [7, 11) is 0. The van der Waals surface area contributed by atoms with E-state index in [4.69, 9.17) is 9.47 Å². The molecule has 1 fully saturated rings. The number of carbonyl (C=O) groups is 1. The summed E-state index contributed by atoms with van der Waals surface area (Å²) in [5, 5.41) is 0. The van der Waals surface area contributed by atoms with Gasteiger partial charge in [-0.15, -0.1) is 0 Å². The first-order valence-corrected chi connectivity index (χ1v) is 8.33. The molecule has 1 heterocycles. The average molecular weight is 330 g/mol. The average Bonchev–Trinajstić information content (AvgIpc) is 3.15. The Morgan fingerprint density at radius 2 is 1.16 bits per heavy atom. The molecule has 3 atom stereocenters. The number of ether oxygens (including phenoxy) is 2. The van der Waals surface area contributed by atoms with Crippen molar-refractivity contribution in [3.05, 3.63) is 108 Å². The first kappa shape index (κ1) is 15.8. The SMILES string of the molecule is O=C(c1ccccc1)C1OC(c2ccccc2)OC1c1ccccc1. The molecule has 0 bridgehead atoms. The topological polar surface area (TPSA) is 35.5 Å². The molecule has 0 aliphatic carbocycles. The Kier molecular flexibility index (Phi) is 4.42. The maximum Gasteiger partial charge on any atom is 0.194 e. The first-order chi connectivity index (χ1) is 12.3. The van der Waals surface area contributed by atoms with Crippen molar-refractivity contribution in [3.63, 3.8) is 0 Å². The largest absolute Gasteiger partial charge is 0.337 e. The molecule has 3 nitrogen and oxygen atoms in total. The van der Waals surface area contributed by atoms with Crippen molar-refractivity contribution in [1.29, 1.82) is 0 Å². The van der Waals surface area contributed by atoms with Crippen LogP contribution in [-0.4, -0.2) is 11.9 Å². The van der Waals surface area contributed by atoms with Gasteiger partial charge in [-0.05, 0) is 5.56 Å². The molecule has 1 saturated heterocycles. The molecule has 1 aliphatic rings. The predicted molar refractivity (Wildman–Crippen MR) is 95.1 cm³/mol. The molecule has 0 saturated carbocycles. The second kappa shape index (κ2) is 7.01. The highest BCUT2D eigenvalue weighted by Crippen LogP contribution is 2.41. The van der Waals surface area contributed by atoms with Crippen LogP contribution in [0.4, 0.5) is 0 Å². The van der Waals surface area contributed by atoms with Gasteiger partial charge in [0.1, 0.15) is 6.10 Å². The zero-order chi connectivity index (χ0) is 17.1. The van der Waals surface area contributed by atoms with Gasteiger partial charge in [0.25, 0.3) is 0 Å². The standard InChI is InChI=1S/C22H18O3/c23-19(16-10-4-1-5-11-16)21-20(17-12-6-2-7-13-17)24-22(25-21)18-14-8-3-9-15-18/h1-15,20-22H. The molecule has 0 N–H and O–H groups in total. The van der Waals surface area contributed by atoms with Gasteiger partial charge in [0.15, 0.2) is 18.2 Å². The highest BCUT2D eigenvalue weighted by molar-refractivity contribution is 6.00. The Morgan fingerprint density at radius 1 is 0.640 bits per heavy atom. The van der Waals surface area contributed by atoms with Crippen molar-refractivity contribution >= 4 is 5.78 Å². The van der Waals surface area contributed by atoms with E-state index in [9.17, 15) is 4.79 Å². The molecule has 124 valence electrons. The summed E-state index contributed by atoms with van der Waals surface area (Å²) >= 11 is 0. The summed E-state index contributed by atoms with van der Waals surface area (Å²) < 4.78 is 12.2. The van der Waals surface area contributed by atoms with Gasteiger partial charge in [-0.3, -0.25) is 4.79 Å². The van der Waals surface area contributed by atoms with E-state index in [1.807, 2.05) is 91.0 Å². The van der Waals surface area contributed by atoms with Crippen molar-refractivity contribution in [2.24, 2.45) is 0 Å². The van der Waals surface area contributed by atoms with Crippen LogP contribution in [0.3, 0.4) is 0 Å². The normalized spacial score (nSPS) is 22.6. The third-order valence-corrected chi connectivity index (χ3v) is 4.33. The number of ketones is 1. The summed E-state index contributed by atoms with van der Waals surface area (Å²) in [5.41, 5.74) is 2.48. The van der Waals surface area contributed by atoms with Crippen LogP contribution in [0.2, 0.25) is 0 Å². The lowest BCUT2D eigenvalue weighted by molar-refractivity contribution is -0.0664. The van der Waals surface area contributed by atoms with Gasteiger partial charge < -0.3 is 9.47 Å². The summed E-state index contributed by atoms with van der Waals surface area (Å²) in [6.07, 6.45) is -1.65. The number of benzene rings is 3. The van der Waals surface area contributed by atoms with Crippen molar-refractivity contribution in [2.45, 2.75) is 18.5 Å². The lowest BCUT2D eigenvalue weighted by atomic mass is 9.97. The third-order valence-electron chi connectivity index (χ3n) is 4.33. The van der Waals surface area contributed by atoms with Crippen LogP contribution in [0.1, 0.15) is 33.9 Å². The minimum atomic E-state index is -0.671. The molecular formula is C22H18O3. The molecule has 3 aromatic carbocycles. The Hall–Kier alpha value is -2.75. The Balaban J connectivity index is 1.68. The molecular weight excluding hydrogens is 312 g/mol. The number of Topliss-reactive ketones (excluding diaryl/α,β-unsaturated/α-hetero) is 1. The zero-order valence-corrected chi connectivity index (χ0v) is 13.6. The second-order valence-electron chi connectivity index (χ2n) is 6.00. The van der Waals surface area contributed by atoms with Gasteiger partial charge in [0.05, 0.1) is 0 Å². The van der Waals surface area contributed by atoms with Crippen LogP contribution in [-0.2, 0) is 9.47 Å². The van der Waals surface area contributed by atoms with Gasteiger partial charge in [0.2, 0.25) is 0 Å². The lowest BCUT2D eigenvalue weighted by Crippen LogP contribution is -2.26. The molecule has 4 rings (SSSR count). The maximum absolute atomic E-state index is 13.0. The van der Waals surface area contributed by atoms with Crippen LogP contribution in [0.5, 0.6) is 0 Å². The molecule has 0 amide bonds. The van der Waals surface area contributed by atoms with Gasteiger partial charge in [-0.1, -0.05) is 91.0 Å². The van der Waals surface area contributed by atoms with Crippen LogP contribution in [0.25, 0.3) is 0 Å². The number of hydrogen-bond acceptors (Lipinski definition) is 3. The van der Waals surface area contributed by atoms with Gasteiger partial charge in [-0.2, -0.15) is 0 Å². The van der Waals surface area contributed by atoms with Crippen molar-refractivity contribution in [2.75, 3.05) is 0 Å². The monoisotopic (exact) mass is 330 g/mol. The highest BCUT2D eigenvalue weighted by Gasteiger charge is 2.42. The van der Waals surface area contributed by atoms with Crippen molar-refractivity contribution in [1.82, 2.24) is 0 Å². The smallest absolute Gasteiger partial charge is 0.194 e. The fraction of sp³-hybridized carbons (Fsp3) is 0.136. The molecule has 1 aliphatic heterocycles. The first-order valence-electron chi connectivity index (χ1n) is 8.33. The van der Waals surface area contributed by atoms with E-state index in [1.54, 1.807) is 0 Å². The molecule has 0 radical (unpaired) electrons. The molecule has 25 heavy (non-hydrogen) atoms. The summed E-state index contributed by atoms with van der Waals surface area (Å²) in [6.45, 7) is 0. The predicted octanol–water partition coefficient (Wildman–Crippen LogP) is 4.72. The Labute approximate surface area is 146 Å². The maximum atomic E-state index is 13.0. The van der Waals surface area contributed by atoms with Gasteiger partial charge >= 0.3 is 0 Å². The van der Waals surface area contributed by atoms with E-state index < -0.39 is 18.5 Å². The summed E-state index contributed by atoms with van der Waals surface area (Å²) in [4.78, 5) is 13.0. The Morgan fingerprint density at radius 3 is 1.76 bits per heavy atom. The second-order valence-corrected chi connectivity index (χ2v) is 6.00. The van der Waals surface area contributed by atoms with E-state index in [0.717, 1.165) is 11.1 Å². The molecule has 3 unspecified atom stereocenters. The number of carbonyl (C=O) groups excluding carboxylic acids is 1. The van der Waals surface area contributed by atoms with Crippen molar-refractivity contribution in [3.8, 4) is 0 Å². The van der Waals surface area contributed by atoms with Gasteiger partial charge in [-0.25, -0.2) is 0 Å². The zero-order valence-electron chi connectivity index (χ0n) is 13.6. The lowest BCUT2D eigenvalue weighted by Gasteiger charge is -2.16. The minimum absolute atomic E-state index is 0.0621.